The van der Waals surface area contributed by atoms with Crippen LogP contribution in [0.15, 0.2) is 0 Å². The molecule has 5 aliphatic rings. The van der Waals surface area contributed by atoms with Gasteiger partial charge in [0.2, 0.25) is 0 Å². The van der Waals surface area contributed by atoms with Gasteiger partial charge in [-0.2, -0.15) is 0 Å². The topological polar surface area (TPSA) is 63.2 Å². The van der Waals surface area contributed by atoms with Crippen LogP contribution in [-0.2, 0) is 28.5 Å². The van der Waals surface area contributed by atoms with Gasteiger partial charge >= 0.3 is 5.97 Å². The second kappa shape index (κ2) is 10.1. The predicted octanol–water partition coefficient (Wildman–Crippen LogP) is 5.16. The van der Waals surface area contributed by atoms with Gasteiger partial charge in [-0.1, -0.05) is 20.8 Å². The highest BCUT2D eigenvalue weighted by molar-refractivity contribution is 5.70. The lowest BCUT2D eigenvalue weighted by Crippen LogP contribution is -2.45. The van der Waals surface area contributed by atoms with E-state index in [2.05, 4.69) is 20.8 Å². The van der Waals surface area contributed by atoms with Gasteiger partial charge in [-0.15, -0.1) is 0 Å². The molecule has 0 N–H and O–H groups in total. The highest BCUT2D eigenvalue weighted by atomic mass is 16.7. The first kappa shape index (κ1) is 24.0. The second-order valence-electron chi connectivity index (χ2n) is 11.1. The summed E-state index contributed by atoms with van der Waals surface area (Å²) >= 11 is 0. The zero-order chi connectivity index (χ0) is 23.0. The number of fused-ring (bicyclic) bond motifs is 5. The van der Waals surface area contributed by atoms with E-state index in [9.17, 15) is 4.79 Å². The molecule has 0 aromatic rings. The van der Waals surface area contributed by atoms with Crippen molar-refractivity contribution in [2.24, 2.45) is 17.8 Å². The molecule has 6 nitrogen and oxygen atoms in total. The highest BCUT2D eigenvalue weighted by Gasteiger charge is 2.63. The van der Waals surface area contributed by atoms with Crippen LogP contribution in [0.2, 0.25) is 0 Å². The molecule has 0 amide bonds. The van der Waals surface area contributed by atoms with Crippen LogP contribution in [0.1, 0.15) is 97.8 Å². The van der Waals surface area contributed by atoms with E-state index in [1.807, 2.05) is 0 Å². The maximum atomic E-state index is 13.2. The third-order valence-corrected chi connectivity index (χ3v) is 9.32. The van der Waals surface area contributed by atoms with Gasteiger partial charge in [-0.3, -0.25) is 4.79 Å². The minimum atomic E-state index is -0.264. The highest BCUT2D eigenvalue weighted by Crippen LogP contribution is 2.56. The molecule has 4 heterocycles. The van der Waals surface area contributed by atoms with Gasteiger partial charge in [-0.05, 0) is 70.6 Å². The van der Waals surface area contributed by atoms with Gasteiger partial charge in [0.05, 0.1) is 36.9 Å². The van der Waals surface area contributed by atoms with Crippen molar-refractivity contribution in [3.8, 4) is 0 Å². The number of rotatable bonds is 9. The first-order valence-electron chi connectivity index (χ1n) is 13.9. The lowest BCUT2D eigenvalue weighted by molar-refractivity contribution is -0.209. The quantitative estimate of drug-likeness (QED) is 0.439. The fourth-order valence-corrected chi connectivity index (χ4v) is 7.61. The zero-order valence-electron chi connectivity index (χ0n) is 20.8. The Morgan fingerprint density at radius 2 is 1.76 bits per heavy atom. The molecule has 0 spiro atoms. The van der Waals surface area contributed by atoms with Crippen molar-refractivity contribution in [2.45, 2.75) is 140 Å². The van der Waals surface area contributed by atoms with Gasteiger partial charge < -0.3 is 23.7 Å². The largest absolute Gasteiger partial charge is 0.459 e. The molecule has 0 radical (unpaired) electrons. The maximum absolute atomic E-state index is 13.2. The third-order valence-electron chi connectivity index (χ3n) is 9.32. The Bertz CT molecular complexity index is 670. The van der Waals surface area contributed by atoms with Crippen molar-refractivity contribution in [1.29, 1.82) is 0 Å². The summed E-state index contributed by atoms with van der Waals surface area (Å²) in [5.74, 6) is 0.986. The molecule has 1 saturated carbocycles. The van der Waals surface area contributed by atoms with E-state index in [0.717, 1.165) is 77.2 Å². The van der Waals surface area contributed by atoms with Gasteiger partial charge in [-0.25, -0.2) is 0 Å². The average molecular weight is 465 g/mol. The molecule has 4 aliphatic heterocycles. The van der Waals surface area contributed by atoms with Gasteiger partial charge in [0.15, 0.2) is 6.29 Å². The van der Waals surface area contributed by atoms with E-state index in [1.54, 1.807) is 0 Å². The van der Waals surface area contributed by atoms with Crippen LogP contribution in [0.5, 0.6) is 0 Å². The first-order chi connectivity index (χ1) is 16.1. The summed E-state index contributed by atoms with van der Waals surface area (Å²) in [6.07, 6.45) is 12.0. The molecule has 9 unspecified atom stereocenters. The van der Waals surface area contributed by atoms with Crippen LogP contribution < -0.4 is 0 Å². The fourth-order valence-electron chi connectivity index (χ4n) is 7.61. The Labute approximate surface area is 199 Å². The normalized spacial score (nSPS) is 42.4. The molecule has 9 atom stereocenters. The van der Waals surface area contributed by atoms with Crippen LogP contribution >= 0.6 is 0 Å². The lowest BCUT2D eigenvalue weighted by Gasteiger charge is -2.37. The van der Waals surface area contributed by atoms with Gasteiger partial charge in [0.1, 0.15) is 5.60 Å². The molecule has 33 heavy (non-hydrogen) atoms. The van der Waals surface area contributed by atoms with Crippen molar-refractivity contribution < 1.29 is 28.5 Å². The average Bonchev–Trinajstić information content (AvgIpc) is 3.60. The number of ether oxygens (including phenoxy) is 5. The number of carbonyl (C=O) groups is 1. The number of hydrogen-bond donors (Lipinski definition) is 0. The van der Waals surface area contributed by atoms with Crippen molar-refractivity contribution in [1.82, 2.24) is 0 Å². The summed E-state index contributed by atoms with van der Waals surface area (Å²) in [6.45, 7) is 7.32. The standard InChI is InChI=1S/C27H44O6/c1-4-18-24-21-15-17(26(32-21)25(24)19(5-2)30-18)20(31-23-11-7-10-14-29-23)16-22(28)33-27(6-3)12-8-9-13-27/h17-21,23-26H,4-16H2,1-3H3. The molecule has 5 rings (SSSR count). The summed E-state index contributed by atoms with van der Waals surface area (Å²) in [6, 6.07) is 0. The van der Waals surface area contributed by atoms with Crippen LogP contribution in [0.25, 0.3) is 0 Å². The van der Waals surface area contributed by atoms with Crippen LogP contribution in [0.4, 0.5) is 0 Å². The predicted molar refractivity (Wildman–Crippen MR) is 124 cm³/mol. The molecule has 0 aromatic heterocycles. The SMILES string of the molecule is CCC1OC(CC)C2C3OC(CC3C(CC(=O)OC3(CC)CCCC3)OC3CCCCO3)C12. The molecular weight excluding hydrogens is 420 g/mol. The van der Waals surface area contributed by atoms with Crippen molar-refractivity contribution >= 4 is 5.97 Å². The summed E-state index contributed by atoms with van der Waals surface area (Å²) in [5, 5.41) is 0. The van der Waals surface area contributed by atoms with Crippen molar-refractivity contribution in [3.63, 3.8) is 0 Å². The van der Waals surface area contributed by atoms with E-state index in [1.165, 1.54) is 0 Å². The van der Waals surface area contributed by atoms with Gasteiger partial charge in [0.25, 0.3) is 0 Å². The van der Waals surface area contributed by atoms with E-state index < -0.39 is 0 Å². The summed E-state index contributed by atoms with van der Waals surface area (Å²) in [4.78, 5) is 13.2. The lowest BCUT2D eigenvalue weighted by atomic mass is 9.69. The number of hydrogen-bond acceptors (Lipinski definition) is 6. The van der Waals surface area contributed by atoms with Crippen LogP contribution in [-0.4, -0.2) is 55.0 Å². The minimum absolute atomic E-state index is 0.106. The molecular formula is C27H44O6. The Morgan fingerprint density at radius 3 is 2.42 bits per heavy atom. The third kappa shape index (κ3) is 4.62. The Hall–Kier alpha value is -0.690. The van der Waals surface area contributed by atoms with Crippen molar-refractivity contribution in [2.75, 3.05) is 6.61 Å². The first-order valence-corrected chi connectivity index (χ1v) is 13.9. The van der Waals surface area contributed by atoms with Crippen molar-refractivity contribution in [3.05, 3.63) is 0 Å². The zero-order valence-corrected chi connectivity index (χ0v) is 20.8. The monoisotopic (exact) mass is 464 g/mol. The van der Waals surface area contributed by atoms with Crippen LogP contribution in [0, 0.1) is 17.8 Å². The molecule has 4 saturated heterocycles. The van der Waals surface area contributed by atoms with E-state index in [0.29, 0.717) is 24.4 Å². The van der Waals surface area contributed by atoms with Gasteiger partial charge in [0, 0.05) is 24.4 Å². The molecule has 188 valence electrons. The summed E-state index contributed by atoms with van der Waals surface area (Å²) < 4.78 is 31.7. The maximum Gasteiger partial charge on any atom is 0.308 e. The minimum Gasteiger partial charge on any atom is -0.459 e. The number of carbonyl (C=O) groups excluding carboxylic acids is 1. The van der Waals surface area contributed by atoms with Crippen LogP contribution in [0.3, 0.4) is 0 Å². The Kier molecular flexibility index (Phi) is 7.37. The van der Waals surface area contributed by atoms with E-state index >= 15 is 0 Å². The second-order valence-corrected chi connectivity index (χ2v) is 11.1. The smallest absolute Gasteiger partial charge is 0.308 e. The molecule has 1 aliphatic carbocycles. The fraction of sp³-hybridized carbons (Fsp3) is 0.963. The molecule has 5 fully saturated rings. The number of esters is 1. The molecule has 2 bridgehead atoms. The Balaban J connectivity index is 1.31. The summed E-state index contributed by atoms with van der Waals surface area (Å²) in [5.41, 5.74) is -0.264. The molecule has 6 heteroatoms. The summed E-state index contributed by atoms with van der Waals surface area (Å²) in [7, 11) is 0. The van der Waals surface area contributed by atoms with E-state index in [-0.39, 0.29) is 48.2 Å². The Morgan fingerprint density at radius 1 is 1.00 bits per heavy atom. The molecule has 0 aromatic carbocycles. The van der Waals surface area contributed by atoms with E-state index in [4.69, 9.17) is 23.7 Å².